The van der Waals surface area contributed by atoms with Gasteiger partial charge in [0, 0.05) is 30.4 Å². The highest BCUT2D eigenvalue weighted by atomic mass is 15.2. The predicted octanol–water partition coefficient (Wildman–Crippen LogP) is 0.763. The van der Waals surface area contributed by atoms with Gasteiger partial charge >= 0.3 is 0 Å². The average molecular weight is 218 g/mol. The van der Waals surface area contributed by atoms with Crippen LogP contribution in [0.15, 0.2) is 6.33 Å². The summed E-state index contributed by atoms with van der Waals surface area (Å²) in [5.74, 6) is 1.19. The van der Waals surface area contributed by atoms with Crippen LogP contribution in [0.2, 0.25) is 0 Å². The molecular weight excluding hydrogens is 200 g/mol. The van der Waals surface area contributed by atoms with E-state index in [4.69, 9.17) is 0 Å². The Kier molecular flexibility index (Phi) is 2.52. The van der Waals surface area contributed by atoms with Crippen molar-refractivity contribution in [3.8, 4) is 0 Å². The molecule has 0 spiro atoms. The van der Waals surface area contributed by atoms with Gasteiger partial charge in [0.1, 0.15) is 12.1 Å². The molecular formula is C12H18N4. The molecule has 0 radical (unpaired) electrons. The summed E-state index contributed by atoms with van der Waals surface area (Å²) >= 11 is 0. The van der Waals surface area contributed by atoms with E-state index < -0.39 is 0 Å². The van der Waals surface area contributed by atoms with Crippen LogP contribution in [0.3, 0.4) is 0 Å². The Morgan fingerprint density at radius 1 is 1.38 bits per heavy atom. The minimum atomic E-state index is 0.618. The predicted molar refractivity (Wildman–Crippen MR) is 63.7 cm³/mol. The van der Waals surface area contributed by atoms with Crippen LogP contribution in [-0.4, -0.2) is 36.1 Å². The van der Waals surface area contributed by atoms with Gasteiger partial charge in [-0.25, -0.2) is 9.97 Å². The number of nitrogens with zero attached hydrogens (tertiary/aromatic N) is 3. The maximum atomic E-state index is 4.49. The fourth-order valence-corrected chi connectivity index (χ4v) is 2.80. The van der Waals surface area contributed by atoms with Crippen molar-refractivity contribution in [1.82, 2.24) is 15.3 Å². The van der Waals surface area contributed by atoms with E-state index in [0.29, 0.717) is 6.04 Å². The lowest BCUT2D eigenvalue weighted by Gasteiger charge is -2.19. The highest BCUT2D eigenvalue weighted by Gasteiger charge is 2.26. The van der Waals surface area contributed by atoms with E-state index in [1.165, 1.54) is 29.9 Å². The van der Waals surface area contributed by atoms with Crippen molar-refractivity contribution in [2.75, 3.05) is 25.0 Å². The first kappa shape index (κ1) is 10.0. The molecule has 1 aliphatic heterocycles. The number of fused-ring (bicyclic) bond motifs is 1. The minimum absolute atomic E-state index is 0.618. The molecule has 86 valence electrons. The molecule has 1 atom stereocenters. The summed E-state index contributed by atoms with van der Waals surface area (Å²) in [4.78, 5) is 11.3. The van der Waals surface area contributed by atoms with Gasteiger partial charge in [-0.3, -0.25) is 0 Å². The molecule has 3 rings (SSSR count). The fraction of sp³-hybridized carbons (Fsp3) is 0.667. The zero-order chi connectivity index (χ0) is 11.0. The molecule has 4 nitrogen and oxygen atoms in total. The summed E-state index contributed by atoms with van der Waals surface area (Å²) in [6.07, 6.45) is 6.48. The number of anilines is 1. The normalized spacial score (nSPS) is 23.8. The van der Waals surface area contributed by atoms with E-state index in [1.54, 1.807) is 6.33 Å². The molecule has 2 heterocycles. The van der Waals surface area contributed by atoms with E-state index in [0.717, 1.165) is 25.9 Å². The third-order valence-electron chi connectivity index (χ3n) is 3.75. The van der Waals surface area contributed by atoms with Crippen LogP contribution in [0.5, 0.6) is 0 Å². The third-order valence-corrected chi connectivity index (χ3v) is 3.75. The van der Waals surface area contributed by atoms with Crippen molar-refractivity contribution < 1.29 is 0 Å². The van der Waals surface area contributed by atoms with E-state index in [-0.39, 0.29) is 0 Å². The summed E-state index contributed by atoms with van der Waals surface area (Å²) in [6.45, 7) is 2.20. The number of aromatic nitrogens is 2. The summed E-state index contributed by atoms with van der Waals surface area (Å²) in [5.41, 5.74) is 2.68. The second-order valence-corrected chi connectivity index (χ2v) is 4.70. The fourth-order valence-electron chi connectivity index (χ4n) is 2.80. The average Bonchev–Trinajstić information content (AvgIpc) is 2.97. The molecule has 1 N–H and O–H groups in total. The topological polar surface area (TPSA) is 41.0 Å². The molecule has 2 aliphatic rings. The Labute approximate surface area is 96.1 Å². The first-order valence-electron chi connectivity index (χ1n) is 6.13. The highest BCUT2D eigenvalue weighted by Crippen LogP contribution is 2.29. The maximum absolute atomic E-state index is 4.49. The van der Waals surface area contributed by atoms with Crippen molar-refractivity contribution in [3.05, 3.63) is 17.6 Å². The van der Waals surface area contributed by atoms with Crippen LogP contribution in [0.4, 0.5) is 5.82 Å². The lowest BCUT2D eigenvalue weighted by atomic mass is 10.2. The molecule has 1 aromatic heterocycles. The summed E-state index contributed by atoms with van der Waals surface area (Å²) in [7, 11) is 2.04. The van der Waals surface area contributed by atoms with Gasteiger partial charge in [-0.1, -0.05) is 0 Å². The number of likely N-dealkylation sites (N-methyl/N-ethyl adjacent to an activating group) is 1. The van der Waals surface area contributed by atoms with Crippen molar-refractivity contribution in [1.29, 1.82) is 0 Å². The van der Waals surface area contributed by atoms with E-state index in [1.807, 2.05) is 7.05 Å². The van der Waals surface area contributed by atoms with Crippen LogP contribution in [0, 0.1) is 0 Å². The summed E-state index contributed by atoms with van der Waals surface area (Å²) in [5, 5.41) is 3.35. The molecule has 4 heteroatoms. The Balaban J connectivity index is 1.87. The number of hydrogen-bond acceptors (Lipinski definition) is 4. The maximum Gasteiger partial charge on any atom is 0.135 e. The molecule has 1 saturated heterocycles. The Morgan fingerprint density at radius 2 is 2.31 bits per heavy atom. The first-order valence-corrected chi connectivity index (χ1v) is 6.13. The van der Waals surface area contributed by atoms with Gasteiger partial charge in [-0.15, -0.1) is 0 Å². The lowest BCUT2D eigenvalue weighted by Crippen LogP contribution is -2.30. The van der Waals surface area contributed by atoms with Crippen LogP contribution in [0.1, 0.15) is 24.1 Å². The second-order valence-electron chi connectivity index (χ2n) is 4.70. The first-order chi connectivity index (χ1) is 7.88. The standard InChI is InChI=1S/C12H18N4/c1-13-9-5-6-16(7-9)12-10-3-2-4-11(10)14-8-15-12/h8-9,13H,2-7H2,1H3/t9-/m1/s1. The molecule has 16 heavy (non-hydrogen) atoms. The van der Waals surface area contributed by atoms with Gasteiger partial charge in [-0.2, -0.15) is 0 Å². The van der Waals surface area contributed by atoms with Crippen LogP contribution in [0.25, 0.3) is 0 Å². The largest absolute Gasteiger partial charge is 0.355 e. The van der Waals surface area contributed by atoms with E-state index in [2.05, 4.69) is 20.2 Å². The van der Waals surface area contributed by atoms with E-state index >= 15 is 0 Å². The Hall–Kier alpha value is -1.16. The SMILES string of the molecule is CN[C@@H]1CCN(c2ncnc3c2CCC3)C1. The summed E-state index contributed by atoms with van der Waals surface area (Å²) in [6, 6.07) is 0.618. The van der Waals surface area contributed by atoms with Gasteiger partial charge in [0.15, 0.2) is 0 Å². The van der Waals surface area contributed by atoms with Gasteiger partial charge in [-0.05, 0) is 32.7 Å². The second kappa shape index (κ2) is 4.01. The number of nitrogens with one attached hydrogen (secondary N) is 1. The van der Waals surface area contributed by atoms with Crippen molar-refractivity contribution in [2.24, 2.45) is 0 Å². The summed E-state index contributed by atoms with van der Waals surface area (Å²) < 4.78 is 0. The number of aryl methyl sites for hydroxylation is 1. The quantitative estimate of drug-likeness (QED) is 0.796. The monoisotopic (exact) mass is 218 g/mol. The van der Waals surface area contributed by atoms with Crippen LogP contribution >= 0.6 is 0 Å². The smallest absolute Gasteiger partial charge is 0.135 e. The molecule has 1 aromatic rings. The molecule has 0 unspecified atom stereocenters. The third kappa shape index (κ3) is 1.57. The minimum Gasteiger partial charge on any atom is -0.355 e. The molecule has 1 fully saturated rings. The van der Waals surface area contributed by atoms with Crippen LogP contribution in [-0.2, 0) is 12.8 Å². The van der Waals surface area contributed by atoms with Crippen molar-refractivity contribution in [3.63, 3.8) is 0 Å². The molecule has 0 amide bonds. The molecule has 0 bridgehead atoms. The van der Waals surface area contributed by atoms with Gasteiger partial charge in [0.25, 0.3) is 0 Å². The molecule has 0 aromatic carbocycles. The Bertz CT molecular complexity index is 391. The Morgan fingerprint density at radius 3 is 3.12 bits per heavy atom. The van der Waals surface area contributed by atoms with Gasteiger partial charge in [0.2, 0.25) is 0 Å². The molecule has 0 saturated carbocycles. The number of rotatable bonds is 2. The van der Waals surface area contributed by atoms with Crippen LogP contribution < -0.4 is 10.2 Å². The lowest BCUT2D eigenvalue weighted by molar-refractivity contribution is 0.616. The highest BCUT2D eigenvalue weighted by molar-refractivity contribution is 5.51. The van der Waals surface area contributed by atoms with Crippen molar-refractivity contribution in [2.45, 2.75) is 31.7 Å². The van der Waals surface area contributed by atoms with E-state index in [9.17, 15) is 0 Å². The molecule has 1 aliphatic carbocycles. The number of hydrogen-bond donors (Lipinski definition) is 1. The van der Waals surface area contributed by atoms with Gasteiger partial charge in [0.05, 0.1) is 0 Å². The van der Waals surface area contributed by atoms with Crippen molar-refractivity contribution >= 4 is 5.82 Å². The zero-order valence-electron chi connectivity index (χ0n) is 9.74. The van der Waals surface area contributed by atoms with Gasteiger partial charge < -0.3 is 10.2 Å². The zero-order valence-corrected chi connectivity index (χ0v) is 9.74.